The number of imidazole rings is 1. The number of nitrogens with zero attached hydrogens (tertiary/aromatic N) is 2. The summed E-state index contributed by atoms with van der Waals surface area (Å²) in [6.07, 6.45) is 2.05. The van der Waals surface area contributed by atoms with Crippen molar-refractivity contribution in [2.75, 3.05) is 0 Å². The summed E-state index contributed by atoms with van der Waals surface area (Å²) < 4.78 is 17.7. The Balaban J connectivity index is 1.99. The molecule has 0 radical (unpaired) electrons. The minimum Gasteiger partial charge on any atom is -0.232 e. The molecule has 0 amide bonds. The summed E-state index contributed by atoms with van der Waals surface area (Å²) in [4.78, 5) is 0. The zero-order chi connectivity index (χ0) is 19.0. The molecule has 0 N–H and O–H groups in total. The van der Waals surface area contributed by atoms with Crippen LogP contribution in [0.5, 0.6) is 0 Å². The quantitative estimate of drug-likeness (QED) is 0.402. The first-order chi connectivity index (χ1) is 13.0. The molecular formula is C23H19ClFN2+. The Labute approximate surface area is 163 Å². The van der Waals surface area contributed by atoms with Gasteiger partial charge in [0.1, 0.15) is 11.5 Å². The number of benzene rings is 3. The molecule has 4 aromatic rings. The van der Waals surface area contributed by atoms with Gasteiger partial charge in [-0.1, -0.05) is 29.3 Å². The first kappa shape index (κ1) is 17.5. The van der Waals surface area contributed by atoms with Crippen molar-refractivity contribution in [2.45, 2.75) is 6.92 Å². The molecule has 0 atom stereocenters. The van der Waals surface area contributed by atoms with Gasteiger partial charge in [0, 0.05) is 16.1 Å². The van der Waals surface area contributed by atoms with Gasteiger partial charge in [-0.2, -0.15) is 4.57 Å². The number of hydrogen-bond donors (Lipinski definition) is 0. The number of aryl methyl sites for hydroxylation is 2. The van der Waals surface area contributed by atoms with Crippen LogP contribution in [0.1, 0.15) is 5.56 Å². The second kappa shape index (κ2) is 7.01. The summed E-state index contributed by atoms with van der Waals surface area (Å²) in [5, 5.41) is 0.694. The van der Waals surface area contributed by atoms with Crippen molar-refractivity contribution in [3.63, 3.8) is 0 Å². The van der Waals surface area contributed by atoms with E-state index < -0.39 is 0 Å². The fourth-order valence-corrected chi connectivity index (χ4v) is 3.43. The Morgan fingerprint density at radius 2 is 1.41 bits per heavy atom. The van der Waals surface area contributed by atoms with Crippen LogP contribution in [0.25, 0.3) is 28.2 Å². The molecule has 4 rings (SSSR count). The van der Waals surface area contributed by atoms with Crippen molar-refractivity contribution in [2.24, 2.45) is 7.05 Å². The molecular weight excluding hydrogens is 360 g/mol. The molecule has 1 heterocycles. The minimum atomic E-state index is -0.243. The highest BCUT2D eigenvalue weighted by Crippen LogP contribution is 2.33. The predicted octanol–water partition coefficient (Wildman–Crippen LogP) is 5.74. The van der Waals surface area contributed by atoms with Gasteiger partial charge in [0.25, 0.3) is 0 Å². The highest BCUT2D eigenvalue weighted by molar-refractivity contribution is 6.30. The molecule has 3 aromatic carbocycles. The lowest BCUT2D eigenvalue weighted by molar-refractivity contribution is -0.659. The molecule has 134 valence electrons. The SMILES string of the molecule is Cc1ccc(-n2[13cH][n+](C)c(-c3ccc(F)cc3)c2-c2ccc(Cl)cc2)cc1. The molecule has 0 fully saturated rings. The summed E-state index contributed by atoms with van der Waals surface area (Å²) >= 11 is 6.10. The fraction of sp³-hybridized carbons (Fsp3) is 0.0870. The van der Waals surface area contributed by atoms with Gasteiger partial charge in [0.2, 0.25) is 6.33 Å². The second-order valence-electron chi connectivity index (χ2n) is 6.64. The van der Waals surface area contributed by atoms with E-state index in [2.05, 4.69) is 40.3 Å². The predicted molar refractivity (Wildman–Crippen MR) is 108 cm³/mol. The normalized spacial score (nSPS) is 11.0. The molecule has 0 saturated carbocycles. The first-order valence-electron chi connectivity index (χ1n) is 8.73. The van der Waals surface area contributed by atoms with Crippen molar-refractivity contribution in [1.82, 2.24) is 4.57 Å². The fourth-order valence-electron chi connectivity index (χ4n) is 3.30. The molecule has 0 saturated heterocycles. The maximum atomic E-state index is 13.5. The van der Waals surface area contributed by atoms with Crippen LogP contribution >= 0.6 is 11.6 Å². The van der Waals surface area contributed by atoms with Gasteiger partial charge >= 0.3 is 0 Å². The van der Waals surface area contributed by atoms with Gasteiger partial charge in [0.15, 0.2) is 11.4 Å². The Morgan fingerprint density at radius 1 is 0.815 bits per heavy atom. The van der Waals surface area contributed by atoms with Crippen molar-refractivity contribution in [3.8, 4) is 28.2 Å². The maximum absolute atomic E-state index is 13.5. The molecule has 0 unspecified atom stereocenters. The van der Waals surface area contributed by atoms with Crippen molar-refractivity contribution in [3.05, 3.63) is 95.5 Å². The van der Waals surface area contributed by atoms with Gasteiger partial charge < -0.3 is 0 Å². The lowest BCUT2D eigenvalue weighted by Gasteiger charge is -2.06. The van der Waals surface area contributed by atoms with Crippen LogP contribution in [-0.4, -0.2) is 4.57 Å². The number of hydrogen-bond acceptors (Lipinski definition) is 0. The topological polar surface area (TPSA) is 8.81 Å². The Morgan fingerprint density at radius 3 is 2.04 bits per heavy atom. The average Bonchev–Trinajstić information content (AvgIpc) is 3.01. The van der Waals surface area contributed by atoms with E-state index >= 15 is 0 Å². The largest absolute Gasteiger partial charge is 0.249 e. The molecule has 0 aliphatic carbocycles. The Kier molecular flexibility index (Phi) is 4.54. The zero-order valence-electron chi connectivity index (χ0n) is 15.2. The highest BCUT2D eigenvalue weighted by Gasteiger charge is 2.25. The zero-order valence-corrected chi connectivity index (χ0v) is 15.9. The van der Waals surface area contributed by atoms with Gasteiger partial charge in [-0.3, -0.25) is 0 Å². The summed E-state index contributed by atoms with van der Waals surface area (Å²) in [5.74, 6) is -0.243. The molecule has 0 aliphatic heterocycles. The summed E-state index contributed by atoms with van der Waals surface area (Å²) in [6, 6.07) is 22.8. The van der Waals surface area contributed by atoms with E-state index in [9.17, 15) is 4.39 Å². The standard InChI is InChI=1S/C23H19ClFN2/c1-16-3-13-21(14-4-16)27-15-26(2)22(17-7-11-20(25)12-8-17)23(27)18-5-9-19(24)10-6-18/h3-15H,1-2H3/q+1/i15+1. The maximum Gasteiger partial charge on any atom is 0.249 e. The van der Waals surface area contributed by atoms with Crippen molar-refractivity contribution in [1.29, 1.82) is 0 Å². The summed E-state index contributed by atoms with van der Waals surface area (Å²) in [6.45, 7) is 2.07. The molecule has 4 heteroatoms. The molecule has 27 heavy (non-hydrogen) atoms. The number of aromatic nitrogens is 2. The van der Waals surface area contributed by atoms with E-state index in [1.54, 1.807) is 0 Å². The first-order valence-corrected chi connectivity index (χ1v) is 9.10. The van der Waals surface area contributed by atoms with Crippen molar-refractivity contribution < 1.29 is 8.96 Å². The Bertz CT molecular complexity index is 1080. The van der Waals surface area contributed by atoms with E-state index in [0.29, 0.717) is 5.02 Å². The van der Waals surface area contributed by atoms with E-state index in [0.717, 1.165) is 28.2 Å². The van der Waals surface area contributed by atoms with E-state index in [1.807, 2.05) is 49.8 Å². The van der Waals surface area contributed by atoms with Gasteiger partial charge in [-0.05, 0) is 67.6 Å². The van der Waals surface area contributed by atoms with Crippen LogP contribution in [0, 0.1) is 12.7 Å². The average molecular weight is 379 g/mol. The summed E-state index contributed by atoms with van der Waals surface area (Å²) in [5.41, 5.74) is 6.31. The number of halogens is 2. The van der Waals surface area contributed by atoms with Gasteiger partial charge in [-0.25, -0.2) is 8.96 Å². The molecule has 0 aliphatic rings. The Hall–Kier alpha value is -2.91. The van der Waals surface area contributed by atoms with E-state index in [1.165, 1.54) is 17.7 Å². The van der Waals surface area contributed by atoms with Gasteiger partial charge in [-0.15, -0.1) is 0 Å². The van der Waals surface area contributed by atoms with E-state index in [-0.39, 0.29) is 5.82 Å². The monoisotopic (exact) mass is 378 g/mol. The third-order valence-electron chi connectivity index (χ3n) is 4.65. The van der Waals surface area contributed by atoms with Gasteiger partial charge in [0.05, 0.1) is 7.05 Å². The van der Waals surface area contributed by atoms with Crippen LogP contribution < -0.4 is 4.57 Å². The molecule has 0 bridgehead atoms. The van der Waals surface area contributed by atoms with Crippen LogP contribution in [0.4, 0.5) is 4.39 Å². The van der Waals surface area contributed by atoms with Crippen molar-refractivity contribution >= 4 is 11.6 Å². The minimum absolute atomic E-state index is 0.243. The molecule has 0 spiro atoms. The third kappa shape index (κ3) is 3.38. The van der Waals surface area contributed by atoms with Crippen LogP contribution in [-0.2, 0) is 7.05 Å². The third-order valence-corrected chi connectivity index (χ3v) is 4.91. The highest BCUT2D eigenvalue weighted by atomic mass is 35.5. The molecule has 1 aromatic heterocycles. The lowest BCUT2D eigenvalue weighted by Crippen LogP contribution is -2.27. The van der Waals surface area contributed by atoms with Crippen LogP contribution in [0.3, 0.4) is 0 Å². The molecule has 2 nitrogen and oxygen atoms in total. The number of rotatable bonds is 3. The summed E-state index contributed by atoms with van der Waals surface area (Å²) in [7, 11) is 2.00. The second-order valence-corrected chi connectivity index (χ2v) is 7.08. The van der Waals surface area contributed by atoms with Crippen LogP contribution in [0.15, 0.2) is 79.1 Å². The smallest absolute Gasteiger partial charge is 0.232 e. The van der Waals surface area contributed by atoms with E-state index in [4.69, 9.17) is 11.6 Å². The lowest BCUT2D eigenvalue weighted by atomic mass is 10.0. The van der Waals surface area contributed by atoms with Crippen LogP contribution in [0.2, 0.25) is 5.02 Å².